The van der Waals surface area contributed by atoms with E-state index in [2.05, 4.69) is 31.1 Å². The maximum atomic E-state index is 3.33. The molecule has 1 aliphatic rings. The fourth-order valence-corrected chi connectivity index (χ4v) is 2.72. The lowest BCUT2D eigenvalue weighted by atomic mass is 9.97. The molecule has 0 saturated carbocycles. The molecule has 0 radical (unpaired) electrons. The average molecular weight is 198 g/mol. The maximum Gasteiger partial charge on any atom is 0.0223 e. The van der Waals surface area contributed by atoms with Gasteiger partial charge in [-0.25, -0.2) is 0 Å². The highest BCUT2D eigenvalue weighted by Gasteiger charge is 2.26. The molecule has 0 aliphatic carbocycles. The number of hydrogen-bond donors (Lipinski definition) is 1. The molecule has 1 rings (SSSR count). The van der Waals surface area contributed by atoms with Gasteiger partial charge in [0.15, 0.2) is 0 Å². The summed E-state index contributed by atoms with van der Waals surface area (Å²) in [5.41, 5.74) is 0. The molecule has 1 atom stereocenters. The van der Waals surface area contributed by atoms with Crippen LogP contribution >= 0.6 is 0 Å². The van der Waals surface area contributed by atoms with Crippen LogP contribution in [0.1, 0.15) is 46.0 Å². The number of piperidine rings is 1. The third-order valence-corrected chi connectivity index (χ3v) is 3.52. The molecular formula is C12H26N2. The third-order valence-electron chi connectivity index (χ3n) is 3.52. The minimum absolute atomic E-state index is 0.790. The molecule has 0 aromatic carbocycles. The van der Waals surface area contributed by atoms with E-state index in [0.29, 0.717) is 0 Å². The molecule has 1 unspecified atom stereocenters. The molecule has 0 aromatic heterocycles. The standard InChI is InChI=1S/C12H26N2/c1-4-11(5-2)14-9-7-6-8-12(14)10-13-3/h11-13H,4-10H2,1-3H3. The van der Waals surface area contributed by atoms with Crippen LogP contribution in [0.25, 0.3) is 0 Å². The molecule has 1 aliphatic heterocycles. The van der Waals surface area contributed by atoms with E-state index in [-0.39, 0.29) is 0 Å². The SMILES string of the molecule is CCC(CC)N1CCCCC1CNC. The highest BCUT2D eigenvalue weighted by atomic mass is 15.2. The van der Waals surface area contributed by atoms with Crippen LogP contribution in [-0.2, 0) is 0 Å². The molecule has 2 nitrogen and oxygen atoms in total. The van der Waals surface area contributed by atoms with Gasteiger partial charge >= 0.3 is 0 Å². The van der Waals surface area contributed by atoms with Crippen molar-refractivity contribution in [3.05, 3.63) is 0 Å². The van der Waals surface area contributed by atoms with Gasteiger partial charge in [0.1, 0.15) is 0 Å². The Balaban J connectivity index is 2.51. The van der Waals surface area contributed by atoms with Crippen LogP contribution in [0, 0.1) is 0 Å². The molecule has 0 spiro atoms. The summed E-state index contributed by atoms with van der Waals surface area (Å²) >= 11 is 0. The number of rotatable bonds is 5. The molecule has 1 heterocycles. The zero-order valence-corrected chi connectivity index (χ0v) is 10.1. The predicted octanol–water partition coefficient (Wildman–Crippen LogP) is 2.25. The summed E-state index contributed by atoms with van der Waals surface area (Å²) in [4.78, 5) is 2.74. The highest BCUT2D eigenvalue weighted by molar-refractivity contribution is 4.82. The molecule has 1 fully saturated rings. The first-order valence-corrected chi connectivity index (χ1v) is 6.23. The summed E-state index contributed by atoms with van der Waals surface area (Å²) in [6, 6.07) is 1.60. The van der Waals surface area contributed by atoms with E-state index in [9.17, 15) is 0 Å². The summed E-state index contributed by atoms with van der Waals surface area (Å²) in [6.45, 7) is 7.12. The van der Waals surface area contributed by atoms with Gasteiger partial charge in [-0.15, -0.1) is 0 Å². The van der Waals surface area contributed by atoms with Crippen molar-refractivity contribution in [2.45, 2.75) is 58.0 Å². The van der Waals surface area contributed by atoms with Gasteiger partial charge in [0.2, 0.25) is 0 Å². The van der Waals surface area contributed by atoms with Gasteiger partial charge in [-0.3, -0.25) is 4.90 Å². The lowest BCUT2D eigenvalue weighted by Gasteiger charge is -2.40. The molecule has 14 heavy (non-hydrogen) atoms. The zero-order chi connectivity index (χ0) is 10.4. The second-order valence-electron chi connectivity index (χ2n) is 4.42. The number of likely N-dealkylation sites (tertiary alicyclic amines) is 1. The Labute approximate surface area is 89.1 Å². The molecule has 0 aromatic rings. The molecule has 0 amide bonds. The number of likely N-dealkylation sites (N-methyl/N-ethyl adjacent to an activating group) is 1. The van der Waals surface area contributed by atoms with Crippen molar-refractivity contribution in [3.63, 3.8) is 0 Å². The van der Waals surface area contributed by atoms with E-state index < -0.39 is 0 Å². The van der Waals surface area contributed by atoms with Crippen molar-refractivity contribution >= 4 is 0 Å². The summed E-state index contributed by atoms with van der Waals surface area (Å²) in [5.74, 6) is 0. The van der Waals surface area contributed by atoms with Crippen LogP contribution in [-0.4, -0.2) is 37.1 Å². The Morgan fingerprint density at radius 2 is 2.00 bits per heavy atom. The minimum Gasteiger partial charge on any atom is -0.318 e. The molecule has 84 valence electrons. The maximum absolute atomic E-state index is 3.33. The lowest BCUT2D eigenvalue weighted by molar-refractivity contribution is 0.0896. The van der Waals surface area contributed by atoms with Gasteiger partial charge in [0.25, 0.3) is 0 Å². The molecule has 0 bridgehead atoms. The third kappa shape index (κ3) is 2.96. The van der Waals surface area contributed by atoms with Crippen LogP contribution in [0.3, 0.4) is 0 Å². The van der Waals surface area contributed by atoms with E-state index in [0.717, 1.165) is 18.6 Å². The van der Waals surface area contributed by atoms with Crippen molar-refractivity contribution in [1.82, 2.24) is 10.2 Å². The van der Waals surface area contributed by atoms with Crippen LogP contribution in [0.2, 0.25) is 0 Å². The Morgan fingerprint density at radius 1 is 1.29 bits per heavy atom. The first kappa shape index (κ1) is 12.0. The van der Waals surface area contributed by atoms with E-state index >= 15 is 0 Å². The van der Waals surface area contributed by atoms with E-state index in [1.165, 1.54) is 38.6 Å². The smallest absolute Gasteiger partial charge is 0.0223 e. The summed E-state index contributed by atoms with van der Waals surface area (Å²) < 4.78 is 0. The molecule has 2 heteroatoms. The number of nitrogens with one attached hydrogen (secondary N) is 1. The van der Waals surface area contributed by atoms with Crippen LogP contribution in [0.4, 0.5) is 0 Å². The topological polar surface area (TPSA) is 15.3 Å². The second kappa shape index (κ2) is 6.41. The van der Waals surface area contributed by atoms with Gasteiger partial charge in [-0.05, 0) is 39.3 Å². The average Bonchev–Trinajstić information content (AvgIpc) is 2.23. The minimum atomic E-state index is 0.790. The Hall–Kier alpha value is -0.0800. The zero-order valence-electron chi connectivity index (χ0n) is 10.1. The quantitative estimate of drug-likeness (QED) is 0.729. The van der Waals surface area contributed by atoms with Crippen LogP contribution < -0.4 is 5.32 Å². The summed E-state index contributed by atoms with van der Waals surface area (Å²) in [6.07, 6.45) is 6.81. The van der Waals surface area contributed by atoms with Gasteiger partial charge in [-0.1, -0.05) is 20.3 Å². The van der Waals surface area contributed by atoms with Gasteiger partial charge in [0.05, 0.1) is 0 Å². The fraction of sp³-hybridized carbons (Fsp3) is 1.00. The van der Waals surface area contributed by atoms with Gasteiger partial charge in [0, 0.05) is 18.6 Å². The van der Waals surface area contributed by atoms with Gasteiger partial charge < -0.3 is 5.32 Å². The van der Waals surface area contributed by atoms with Crippen molar-refractivity contribution < 1.29 is 0 Å². The Kier molecular flexibility index (Phi) is 5.49. The molecule has 1 N–H and O–H groups in total. The van der Waals surface area contributed by atoms with Crippen molar-refractivity contribution in [1.29, 1.82) is 0 Å². The highest BCUT2D eigenvalue weighted by Crippen LogP contribution is 2.21. The van der Waals surface area contributed by atoms with Crippen molar-refractivity contribution in [2.75, 3.05) is 20.1 Å². The van der Waals surface area contributed by atoms with E-state index in [1.807, 2.05) is 0 Å². The monoisotopic (exact) mass is 198 g/mol. The first-order chi connectivity index (χ1) is 6.83. The van der Waals surface area contributed by atoms with Gasteiger partial charge in [-0.2, -0.15) is 0 Å². The first-order valence-electron chi connectivity index (χ1n) is 6.23. The predicted molar refractivity (Wildman–Crippen MR) is 62.6 cm³/mol. The van der Waals surface area contributed by atoms with E-state index in [1.54, 1.807) is 0 Å². The van der Waals surface area contributed by atoms with Crippen molar-refractivity contribution in [3.8, 4) is 0 Å². The normalized spacial score (nSPS) is 24.4. The second-order valence-corrected chi connectivity index (χ2v) is 4.42. The van der Waals surface area contributed by atoms with Crippen LogP contribution in [0.15, 0.2) is 0 Å². The van der Waals surface area contributed by atoms with Crippen molar-refractivity contribution in [2.24, 2.45) is 0 Å². The summed E-state index contributed by atoms with van der Waals surface area (Å²) in [5, 5.41) is 3.33. The Bertz CT molecular complexity index is 141. The fourth-order valence-electron chi connectivity index (χ4n) is 2.72. The Morgan fingerprint density at radius 3 is 2.57 bits per heavy atom. The number of hydrogen-bond acceptors (Lipinski definition) is 2. The molecular weight excluding hydrogens is 172 g/mol. The van der Waals surface area contributed by atoms with Crippen LogP contribution in [0.5, 0.6) is 0 Å². The largest absolute Gasteiger partial charge is 0.318 e. The van der Waals surface area contributed by atoms with E-state index in [4.69, 9.17) is 0 Å². The number of nitrogens with zero attached hydrogens (tertiary/aromatic N) is 1. The molecule has 1 saturated heterocycles. The lowest BCUT2D eigenvalue weighted by Crippen LogP contribution is -2.49. The summed E-state index contributed by atoms with van der Waals surface area (Å²) in [7, 11) is 2.07.